The summed E-state index contributed by atoms with van der Waals surface area (Å²) in [7, 11) is 0. The van der Waals surface area contributed by atoms with E-state index in [1.807, 2.05) is 46.8 Å². The lowest BCUT2D eigenvalue weighted by atomic mass is 10.2. The molecule has 130 valence electrons. The number of hydrogen-bond donors (Lipinski definition) is 1. The molecule has 0 unspecified atom stereocenters. The van der Waals surface area contributed by atoms with Gasteiger partial charge in [-0.1, -0.05) is 11.6 Å². The average molecular weight is 375 g/mol. The molecule has 1 N–H and O–H groups in total. The third kappa shape index (κ3) is 2.94. The largest absolute Gasteiger partial charge is 0.333 e. The molecule has 1 aliphatic heterocycles. The maximum absolute atomic E-state index is 12.9. The van der Waals surface area contributed by atoms with Gasteiger partial charge in [0.1, 0.15) is 4.83 Å². The maximum Gasteiger partial charge on any atom is 0.264 e. The molecule has 0 spiro atoms. The summed E-state index contributed by atoms with van der Waals surface area (Å²) in [6, 6.07) is 9.76. The Labute approximate surface area is 155 Å². The Morgan fingerprint density at radius 2 is 2.12 bits per heavy atom. The predicted octanol–water partition coefficient (Wildman–Crippen LogP) is 3.48. The fourth-order valence-corrected chi connectivity index (χ4v) is 4.46. The van der Waals surface area contributed by atoms with Crippen molar-refractivity contribution in [2.75, 3.05) is 19.6 Å². The number of nitrogens with zero attached hydrogens (tertiary/aromatic N) is 3. The lowest BCUT2D eigenvalue weighted by molar-refractivity contribution is 0.0661. The van der Waals surface area contributed by atoms with Crippen LogP contribution in [0.15, 0.2) is 30.3 Å². The first-order valence-electron chi connectivity index (χ1n) is 8.31. The Morgan fingerprint density at radius 3 is 2.84 bits per heavy atom. The van der Waals surface area contributed by atoms with Gasteiger partial charge in [0.2, 0.25) is 0 Å². The zero-order valence-electron chi connectivity index (χ0n) is 14.1. The van der Waals surface area contributed by atoms with E-state index in [2.05, 4.69) is 17.3 Å². The van der Waals surface area contributed by atoms with Crippen LogP contribution in [0.3, 0.4) is 0 Å². The number of carbonyl (C=O) groups is 1. The van der Waals surface area contributed by atoms with E-state index in [-0.39, 0.29) is 11.9 Å². The van der Waals surface area contributed by atoms with Gasteiger partial charge in [0.05, 0.1) is 16.3 Å². The molecule has 4 rings (SSSR count). The number of amides is 1. The number of aryl methyl sites for hydroxylation is 1. The van der Waals surface area contributed by atoms with Crippen LogP contribution in [0.2, 0.25) is 5.02 Å². The number of nitrogens with one attached hydrogen (secondary N) is 1. The molecule has 1 aromatic carbocycles. The number of benzene rings is 1. The Kier molecular flexibility index (Phi) is 4.27. The van der Waals surface area contributed by atoms with Crippen LogP contribution in [0, 0.1) is 6.92 Å². The van der Waals surface area contributed by atoms with E-state index in [9.17, 15) is 4.79 Å². The summed E-state index contributed by atoms with van der Waals surface area (Å²) >= 11 is 7.49. The van der Waals surface area contributed by atoms with Crippen LogP contribution in [-0.2, 0) is 0 Å². The molecular formula is C18H19ClN4OS. The Bertz CT molecular complexity index is 931. The summed E-state index contributed by atoms with van der Waals surface area (Å²) in [6.07, 6.45) is 0. The standard InChI is InChI=1S/C18H19ClN4OS/c1-11-10-20-7-8-22(11)17(24)16-9-15-12(2)21-23(18(15)25-16)14-5-3-13(19)4-6-14/h3-6,9,11,20H,7-8,10H2,1-2H3/t11-/m0/s1. The van der Waals surface area contributed by atoms with Gasteiger partial charge < -0.3 is 10.2 Å². The molecule has 0 bridgehead atoms. The fourth-order valence-electron chi connectivity index (χ4n) is 3.19. The lowest BCUT2D eigenvalue weighted by Crippen LogP contribution is -2.52. The minimum absolute atomic E-state index is 0.109. The van der Waals surface area contributed by atoms with Crippen LogP contribution in [0.4, 0.5) is 0 Å². The van der Waals surface area contributed by atoms with Crippen LogP contribution in [-0.4, -0.2) is 46.3 Å². The molecule has 1 atom stereocenters. The van der Waals surface area contributed by atoms with Crippen molar-refractivity contribution in [3.8, 4) is 5.69 Å². The van der Waals surface area contributed by atoms with Gasteiger partial charge >= 0.3 is 0 Å². The van der Waals surface area contributed by atoms with Gasteiger partial charge in [0.25, 0.3) is 5.91 Å². The second-order valence-corrected chi connectivity index (χ2v) is 7.82. The van der Waals surface area contributed by atoms with Gasteiger partial charge in [-0.3, -0.25) is 4.79 Å². The molecule has 1 fully saturated rings. The minimum atomic E-state index is 0.109. The van der Waals surface area contributed by atoms with Gasteiger partial charge in [-0.25, -0.2) is 4.68 Å². The quantitative estimate of drug-likeness (QED) is 0.747. The number of hydrogen-bond acceptors (Lipinski definition) is 4. The van der Waals surface area contributed by atoms with Gasteiger partial charge in [-0.2, -0.15) is 5.10 Å². The normalized spacial score (nSPS) is 18.0. The molecule has 5 nitrogen and oxygen atoms in total. The number of piperazine rings is 1. The monoisotopic (exact) mass is 374 g/mol. The van der Waals surface area contributed by atoms with E-state index in [1.165, 1.54) is 11.3 Å². The highest BCUT2D eigenvalue weighted by Crippen LogP contribution is 2.31. The second kappa shape index (κ2) is 6.44. The second-order valence-electron chi connectivity index (χ2n) is 6.35. The summed E-state index contributed by atoms with van der Waals surface area (Å²) in [5.74, 6) is 0.109. The first-order valence-corrected chi connectivity index (χ1v) is 9.51. The van der Waals surface area contributed by atoms with E-state index in [1.54, 1.807) is 0 Å². The number of fused-ring (bicyclic) bond motifs is 1. The molecule has 1 saturated heterocycles. The van der Waals surface area contributed by atoms with Gasteiger partial charge in [0.15, 0.2) is 0 Å². The van der Waals surface area contributed by atoms with Crippen molar-refractivity contribution in [1.29, 1.82) is 0 Å². The van der Waals surface area contributed by atoms with Crippen LogP contribution < -0.4 is 5.32 Å². The smallest absolute Gasteiger partial charge is 0.264 e. The van der Waals surface area contributed by atoms with Gasteiger partial charge in [-0.15, -0.1) is 11.3 Å². The molecule has 0 aliphatic carbocycles. The third-order valence-electron chi connectivity index (χ3n) is 4.59. The lowest BCUT2D eigenvalue weighted by Gasteiger charge is -2.33. The van der Waals surface area contributed by atoms with Crippen molar-refractivity contribution in [2.24, 2.45) is 0 Å². The van der Waals surface area contributed by atoms with Crippen molar-refractivity contribution in [3.05, 3.63) is 45.9 Å². The minimum Gasteiger partial charge on any atom is -0.333 e. The van der Waals surface area contributed by atoms with E-state index in [0.29, 0.717) is 5.02 Å². The number of rotatable bonds is 2. The average Bonchev–Trinajstić information content (AvgIpc) is 3.17. The highest BCUT2D eigenvalue weighted by Gasteiger charge is 2.26. The zero-order valence-corrected chi connectivity index (χ0v) is 15.7. The summed E-state index contributed by atoms with van der Waals surface area (Å²) in [5.41, 5.74) is 1.87. The summed E-state index contributed by atoms with van der Waals surface area (Å²) in [6.45, 7) is 6.49. The predicted molar refractivity (Wildman–Crippen MR) is 102 cm³/mol. The van der Waals surface area contributed by atoms with Crippen molar-refractivity contribution in [1.82, 2.24) is 20.0 Å². The van der Waals surface area contributed by atoms with E-state index < -0.39 is 0 Å². The summed E-state index contributed by atoms with van der Waals surface area (Å²) in [5, 5.41) is 9.67. The molecular weight excluding hydrogens is 356 g/mol. The topological polar surface area (TPSA) is 50.2 Å². The van der Waals surface area contributed by atoms with Crippen LogP contribution in [0.25, 0.3) is 15.9 Å². The molecule has 3 aromatic rings. The number of thiophene rings is 1. The van der Waals surface area contributed by atoms with Crippen LogP contribution >= 0.6 is 22.9 Å². The van der Waals surface area contributed by atoms with Gasteiger partial charge in [-0.05, 0) is 44.2 Å². The summed E-state index contributed by atoms with van der Waals surface area (Å²) < 4.78 is 1.89. The van der Waals surface area contributed by atoms with E-state index in [4.69, 9.17) is 11.6 Å². The molecule has 7 heteroatoms. The molecule has 3 heterocycles. The number of aromatic nitrogens is 2. The van der Waals surface area contributed by atoms with Crippen LogP contribution in [0.1, 0.15) is 22.3 Å². The first kappa shape index (κ1) is 16.6. The number of halogens is 1. The van der Waals surface area contributed by atoms with E-state index >= 15 is 0 Å². The maximum atomic E-state index is 12.9. The van der Waals surface area contributed by atoms with Crippen LogP contribution in [0.5, 0.6) is 0 Å². The first-order chi connectivity index (χ1) is 12.0. The van der Waals surface area contributed by atoms with Crippen molar-refractivity contribution >= 4 is 39.1 Å². The SMILES string of the molecule is Cc1nn(-c2ccc(Cl)cc2)c2sc(C(=O)N3CCNC[C@@H]3C)cc12. The highest BCUT2D eigenvalue weighted by atomic mass is 35.5. The third-order valence-corrected chi connectivity index (χ3v) is 5.94. The van der Waals surface area contributed by atoms with Crippen molar-refractivity contribution in [2.45, 2.75) is 19.9 Å². The Balaban J connectivity index is 1.74. The Morgan fingerprint density at radius 1 is 1.36 bits per heavy atom. The van der Waals surface area contributed by atoms with Gasteiger partial charge in [0, 0.05) is 36.1 Å². The molecule has 1 amide bonds. The Hall–Kier alpha value is -1.89. The molecule has 0 radical (unpaired) electrons. The molecule has 2 aromatic heterocycles. The van der Waals surface area contributed by atoms with E-state index in [0.717, 1.165) is 46.1 Å². The zero-order chi connectivity index (χ0) is 17.6. The molecule has 1 aliphatic rings. The highest BCUT2D eigenvalue weighted by molar-refractivity contribution is 7.20. The van der Waals surface area contributed by atoms with Crippen molar-refractivity contribution < 1.29 is 4.79 Å². The van der Waals surface area contributed by atoms with Crippen molar-refractivity contribution in [3.63, 3.8) is 0 Å². The molecule has 0 saturated carbocycles. The number of carbonyl (C=O) groups excluding carboxylic acids is 1. The molecule has 25 heavy (non-hydrogen) atoms. The fraction of sp³-hybridized carbons (Fsp3) is 0.333. The summed E-state index contributed by atoms with van der Waals surface area (Å²) in [4.78, 5) is 16.7.